The normalized spacial score (nSPS) is 18.6. The Labute approximate surface area is 179 Å². The second-order valence-corrected chi connectivity index (χ2v) is 10.2. The molecule has 2 saturated heterocycles. The number of aromatic nitrogens is 2. The van der Waals surface area contributed by atoms with Gasteiger partial charge < -0.3 is 9.80 Å². The SMILES string of the molecule is Cc1ccc(C)c(S(=O)(=O)N2CCN(c3cc(N4CCCCC4)nc(C)n3)CC2)c1. The minimum Gasteiger partial charge on any atom is -0.356 e. The van der Waals surface area contributed by atoms with Gasteiger partial charge >= 0.3 is 0 Å². The fraction of sp³-hybridized carbons (Fsp3) is 0.545. The van der Waals surface area contributed by atoms with Crippen LogP contribution in [-0.4, -0.2) is 62.0 Å². The summed E-state index contributed by atoms with van der Waals surface area (Å²) >= 11 is 0. The summed E-state index contributed by atoms with van der Waals surface area (Å²) in [5.41, 5.74) is 1.75. The van der Waals surface area contributed by atoms with Crippen LogP contribution in [0.5, 0.6) is 0 Å². The van der Waals surface area contributed by atoms with E-state index in [4.69, 9.17) is 0 Å². The molecule has 0 aliphatic carbocycles. The molecule has 0 spiro atoms. The fourth-order valence-electron chi connectivity index (χ4n) is 4.27. The first-order valence-electron chi connectivity index (χ1n) is 10.8. The van der Waals surface area contributed by atoms with Gasteiger partial charge in [-0.25, -0.2) is 18.4 Å². The van der Waals surface area contributed by atoms with Crippen LogP contribution >= 0.6 is 0 Å². The van der Waals surface area contributed by atoms with Crippen LogP contribution in [0, 0.1) is 20.8 Å². The Morgan fingerprint density at radius 1 is 0.767 bits per heavy atom. The van der Waals surface area contributed by atoms with Crippen LogP contribution < -0.4 is 9.80 Å². The lowest BCUT2D eigenvalue weighted by atomic mass is 10.1. The van der Waals surface area contributed by atoms with Gasteiger partial charge in [-0.1, -0.05) is 12.1 Å². The van der Waals surface area contributed by atoms with Crippen molar-refractivity contribution in [3.8, 4) is 0 Å². The van der Waals surface area contributed by atoms with Crippen molar-refractivity contribution in [3.05, 3.63) is 41.2 Å². The van der Waals surface area contributed by atoms with Gasteiger partial charge in [-0.3, -0.25) is 0 Å². The summed E-state index contributed by atoms with van der Waals surface area (Å²) in [5.74, 6) is 2.65. The van der Waals surface area contributed by atoms with Crippen molar-refractivity contribution >= 4 is 21.7 Å². The molecule has 2 fully saturated rings. The largest absolute Gasteiger partial charge is 0.356 e. The molecule has 1 aromatic heterocycles. The highest BCUT2D eigenvalue weighted by atomic mass is 32.2. The average molecular weight is 430 g/mol. The van der Waals surface area contributed by atoms with E-state index in [-0.39, 0.29) is 0 Å². The zero-order chi connectivity index (χ0) is 21.3. The molecule has 2 aliphatic rings. The monoisotopic (exact) mass is 429 g/mol. The third-order valence-electron chi connectivity index (χ3n) is 6.02. The number of hydrogen-bond acceptors (Lipinski definition) is 6. The Balaban J connectivity index is 1.49. The summed E-state index contributed by atoms with van der Waals surface area (Å²) in [5, 5.41) is 0. The van der Waals surface area contributed by atoms with E-state index < -0.39 is 10.0 Å². The Hall–Kier alpha value is -2.19. The molecule has 30 heavy (non-hydrogen) atoms. The number of sulfonamides is 1. The van der Waals surface area contributed by atoms with Gasteiger partial charge in [0.1, 0.15) is 17.5 Å². The van der Waals surface area contributed by atoms with E-state index in [1.807, 2.05) is 32.9 Å². The van der Waals surface area contributed by atoms with Gasteiger partial charge in [-0.15, -0.1) is 0 Å². The average Bonchev–Trinajstić information content (AvgIpc) is 2.75. The maximum absolute atomic E-state index is 13.2. The predicted octanol–water partition coefficient (Wildman–Crippen LogP) is 2.90. The first-order chi connectivity index (χ1) is 14.3. The summed E-state index contributed by atoms with van der Waals surface area (Å²) < 4.78 is 28.0. The van der Waals surface area contributed by atoms with E-state index in [1.165, 1.54) is 19.3 Å². The maximum Gasteiger partial charge on any atom is 0.243 e. The van der Waals surface area contributed by atoms with E-state index in [9.17, 15) is 8.42 Å². The highest BCUT2D eigenvalue weighted by molar-refractivity contribution is 7.89. The smallest absolute Gasteiger partial charge is 0.243 e. The molecular weight excluding hydrogens is 398 g/mol. The zero-order valence-electron chi connectivity index (χ0n) is 18.1. The molecule has 0 saturated carbocycles. The van der Waals surface area contributed by atoms with Crippen LogP contribution in [0.15, 0.2) is 29.2 Å². The van der Waals surface area contributed by atoms with E-state index in [0.717, 1.165) is 41.7 Å². The molecule has 0 amide bonds. The molecule has 0 atom stereocenters. The van der Waals surface area contributed by atoms with Crippen molar-refractivity contribution in [2.75, 3.05) is 49.1 Å². The number of piperazine rings is 1. The lowest BCUT2D eigenvalue weighted by Gasteiger charge is -2.35. The Morgan fingerprint density at radius 3 is 2.00 bits per heavy atom. The third kappa shape index (κ3) is 4.30. The van der Waals surface area contributed by atoms with Crippen molar-refractivity contribution < 1.29 is 8.42 Å². The molecule has 4 rings (SSSR count). The van der Waals surface area contributed by atoms with Gasteiger partial charge in [0.25, 0.3) is 0 Å². The molecule has 0 N–H and O–H groups in total. The number of hydrogen-bond donors (Lipinski definition) is 0. The first-order valence-corrected chi connectivity index (χ1v) is 12.2. The predicted molar refractivity (Wildman–Crippen MR) is 120 cm³/mol. The molecule has 2 aromatic rings. The van der Waals surface area contributed by atoms with Gasteiger partial charge in [0.2, 0.25) is 10.0 Å². The highest BCUT2D eigenvalue weighted by Crippen LogP contribution is 2.26. The van der Waals surface area contributed by atoms with E-state index in [1.54, 1.807) is 10.4 Å². The van der Waals surface area contributed by atoms with Crippen molar-refractivity contribution in [2.45, 2.75) is 44.9 Å². The molecule has 162 valence electrons. The van der Waals surface area contributed by atoms with Crippen LogP contribution in [-0.2, 0) is 10.0 Å². The Bertz CT molecular complexity index is 1010. The first kappa shape index (κ1) is 21.1. The van der Waals surface area contributed by atoms with Crippen molar-refractivity contribution in [1.29, 1.82) is 0 Å². The van der Waals surface area contributed by atoms with Crippen LogP contribution in [0.4, 0.5) is 11.6 Å². The topological polar surface area (TPSA) is 69.6 Å². The second-order valence-electron chi connectivity index (χ2n) is 8.34. The number of benzene rings is 1. The fourth-order valence-corrected chi connectivity index (χ4v) is 6.00. The summed E-state index contributed by atoms with van der Waals surface area (Å²) in [6.07, 6.45) is 3.69. The quantitative estimate of drug-likeness (QED) is 0.744. The molecule has 8 heteroatoms. The summed E-state index contributed by atoms with van der Waals surface area (Å²) in [6, 6.07) is 7.66. The maximum atomic E-state index is 13.2. The lowest BCUT2D eigenvalue weighted by Crippen LogP contribution is -2.49. The van der Waals surface area contributed by atoms with Gasteiger partial charge in [-0.2, -0.15) is 4.31 Å². The lowest BCUT2D eigenvalue weighted by molar-refractivity contribution is 0.383. The molecule has 7 nitrogen and oxygen atoms in total. The summed E-state index contributed by atoms with van der Waals surface area (Å²) in [6.45, 7) is 9.95. The molecule has 2 aliphatic heterocycles. The van der Waals surface area contributed by atoms with E-state index in [0.29, 0.717) is 31.1 Å². The van der Waals surface area contributed by atoms with Gasteiger partial charge in [-0.05, 0) is 57.2 Å². The Morgan fingerprint density at radius 2 is 1.37 bits per heavy atom. The standard InChI is InChI=1S/C22H31N5O2S/c1-17-7-8-18(2)20(15-17)30(28,29)27-13-11-26(12-14-27)22-16-21(23-19(3)24-22)25-9-5-4-6-10-25/h7-8,15-16H,4-6,9-14H2,1-3H3. The van der Waals surface area contributed by atoms with Crippen molar-refractivity contribution in [2.24, 2.45) is 0 Å². The molecule has 3 heterocycles. The molecule has 0 bridgehead atoms. The van der Waals surface area contributed by atoms with Gasteiger partial charge in [0.15, 0.2) is 0 Å². The molecular formula is C22H31N5O2S. The Kier molecular flexibility index (Phi) is 5.97. The second kappa shape index (κ2) is 8.51. The van der Waals surface area contributed by atoms with Crippen LogP contribution in [0.3, 0.4) is 0 Å². The van der Waals surface area contributed by atoms with Crippen LogP contribution in [0.2, 0.25) is 0 Å². The van der Waals surface area contributed by atoms with E-state index >= 15 is 0 Å². The molecule has 0 radical (unpaired) electrons. The van der Waals surface area contributed by atoms with Gasteiger partial charge in [0.05, 0.1) is 4.90 Å². The zero-order valence-corrected chi connectivity index (χ0v) is 19.0. The molecule has 0 unspecified atom stereocenters. The number of aryl methyl sites for hydroxylation is 3. The van der Waals surface area contributed by atoms with Crippen LogP contribution in [0.25, 0.3) is 0 Å². The van der Waals surface area contributed by atoms with Crippen molar-refractivity contribution in [3.63, 3.8) is 0 Å². The minimum absolute atomic E-state index is 0.418. The third-order valence-corrected chi connectivity index (χ3v) is 8.06. The summed E-state index contributed by atoms with van der Waals surface area (Å²) in [7, 11) is -3.49. The summed E-state index contributed by atoms with van der Waals surface area (Å²) in [4.78, 5) is 14.2. The number of piperidine rings is 1. The molecule has 1 aromatic carbocycles. The number of anilines is 2. The van der Waals surface area contributed by atoms with E-state index in [2.05, 4.69) is 25.8 Å². The number of nitrogens with zero attached hydrogens (tertiary/aromatic N) is 5. The van der Waals surface area contributed by atoms with Crippen LogP contribution in [0.1, 0.15) is 36.2 Å². The van der Waals surface area contributed by atoms with Crippen molar-refractivity contribution in [1.82, 2.24) is 14.3 Å². The minimum atomic E-state index is -3.49. The highest BCUT2D eigenvalue weighted by Gasteiger charge is 2.30. The number of rotatable bonds is 4. The van der Waals surface area contributed by atoms with Gasteiger partial charge in [0, 0.05) is 45.3 Å².